The van der Waals surface area contributed by atoms with Crippen molar-refractivity contribution in [2.24, 2.45) is 0 Å². The Morgan fingerprint density at radius 1 is 0.360 bits per heavy atom. The van der Waals surface area contributed by atoms with Gasteiger partial charge in [-0.1, -0.05) is 115 Å². The zero-order valence-electron chi connectivity index (χ0n) is 26.8. The van der Waals surface area contributed by atoms with Crippen molar-refractivity contribution in [1.29, 1.82) is 0 Å². The molecule has 0 atom stereocenters. The van der Waals surface area contributed by atoms with Gasteiger partial charge in [-0.3, -0.25) is 0 Å². The van der Waals surface area contributed by atoms with E-state index in [9.17, 15) is 0 Å². The van der Waals surface area contributed by atoms with Gasteiger partial charge in [-0.15, -0.1) is 11.3 Å². The van der Waals surface area contributed by atoms with Gasteiger partial charge in [0.15, 0.2) is 11.2 Å². The van der Waals surface area contributed by atoms with Crippen LogP contribution in [0.15, 0.2) is 173 Å². The summed E-state index contributed by atoms with van der Waals surface area (Å²) in [6, 6.07) is 58.1. The van der Waals surface area contributed by atoms with Crippen molar-refractivity contribution in [3.63, 3.8) is 0 Å². The minimum Gasteiger partial charge on any atom is -0.453 e. The molecule has 0 saturated heterocycles. The molecule has 0 amide bonds. The predicted octanol–water partition coefficient (Wildman–Crippen LogP) is 14.1. The Bertz CT molecular complexity index is 3090. The first kappa shape index (κ1) is 27.6. The van der Waals surface area contributed by atoms with Crippen LogP contribution in [-0.2, 0) is 0 Å². The fourth-order valence-electron chi connectivity index (χ4n) is 7.75. The maximum Gasteiger partial charge on any atom is 0.159 e. The van der Waals surface area contributed by atoms with Gasteiger partial charge in [0.2, 0.25) is 0 Å². The minimum absolute atomic E-state index is 0.838. The van der Waals surface area contributed by atoms with Crippen molar-refractivity contribution in [3.05, 3.63) is 164 Å². The average molecular weight is 658 g/mol. The number of hydrogen-bond donors (Lipinski definition) is 0. The molecule has 3 heterocycles. The molecule has 0 N–H and O–H groups in total. The third-order valence-electron chi connectivity index (χ3n) is 10.1. The topological polar surface area (TPSA) is 29.5 Å². The summed E-state index contributed by atoms with van der Waals surface area (Å²) in [7, 11) is 0. The molecule has 0 spiro atoms. The molecule has 50 heavy (non-hydrogen) atoms. The standard InChI is InChI=1S/C46H27NO2S/c1-2-10-28(11-3-1)29-20-23-31(24-21-29)47(38-17-8-15-33-35-25-22-30-12-4-5-13-32(30)43(35)48-44(33)38)39-18-9-16-34-36-26-27-41-42(46(36)49-45(34)39)37-14-6-7-19-40(37)50-41/h1-27H. The van der Waals surface area contributed by atoms with E-state index in [1.165, 1.54) is 25.7 Å². The average Bonchev–Trinajstić information content (AvgIpc) is 3.88. The predicted molar refractivity (Wildman–Crippen MR) is 212 cm³/mol. The van der Waals surface area contributed by atoms with Gasteiger partial charge in [0, 0.05) is 52.8 Å². The summed E-state index contributed by atoms with van der Waals surface area (Å²) in [4.78, 5) is 2.30. The Labute approximate surface area is 290 Å². The lowest BCUT2D eigenvalue weighted by molar-refractivity contribution is 0.670. The maximum atomic E-state index is 7.04. The zero-order chi connectivity index (χ0) is 32.8. The van der Waals surface area contributed by atoms with Gasteiger partial charge in [-0.25, -0.2) is 0 Å². The fourth-order valence-corrected chi connectivity index (χ4v) is 8.86. The second kappa shape index (κ2) is 10.6. The Balaban J connectivity index is 1.21. The van der Waals surface area contributed by atoms with Gasteiger partial charge in [-0.05, 0) is 65.0 Å². The second-order valence-electron chi connectivity index (χ2n) is 12.8. The number of benzene rings is 8. The van der Waals surface area contributed by atoms with E-state index < -0.39 is 0 Å². The summed E-state index contributed by atoms with van der Waals surface area (Å²) in [6.45, 7) is 0. The highest BCUT2D eigenvalue weighted by Gasteiger charge is 2.24. The minimum atomic E-state index is 0.838. The first-order chi connectivity index (χ1) is 24.8. The van der Waals surface area contributed by atoms with Crippen LogP contribution in [0.5, 0.6) is 0 Å². The first-order valence-corrected chi connectivity index (χ1v) is 17.7. The maximum absolute atomic E-state index is 7.04. The molecule has 0 saturated carbocycles. The number of nitrogens with zero attached hydrogens (tertiary/aromatic N) is 1. The third kappa shape index (κ3) is 3.97. The van der Waals surface area contributed by atoms with Crippen molar-refractivity contribution < 1.29 is 8.83 Å². The highest BCUT2D eigenvalue weighted by molar-refractivity contribution is 7.26. The van der Waals surface area contributed by atoms with E-state index in [-0.39, 0.29) is 0 Å². The van der Waals surface area contributed by atoms with Gasteiger partial charge in [-0.2, -0.15) is 0 Å². The summed E-state index contributed by atoms with van der Waals surface area (Å²) >= 11 is 1.81. The molecule has 3 nitrogen and oxygen atoms in total. The molecular formula is C46H27NO2S. The van der Waals surface area contributed by atoms with Crippen LogP contribution in [0.1, 0.15) is 0 Å². The summed E-state index contributed by atoms with van der Waals surface area (Å²) in [5.74, 6) is 0. The molecule has 0 aliphatic carbocycles. The summed E-state index contributed by atoms with van der Waals surface area (Å²) in [5.41, 5.74) is 8.78. The Morgan fingerprint density at radius 2 is 0.940 bits per heavy atom. The normalized spacial score (nSPS) is 12.0. The fraction of sp³-hybridized carbons (Fsp3) is 0. The van der Waals surface area contributed by atoms with Crippen LogP contribution < -0.4 is 4.90 Å². The molecule has 11 rings (SSSR count). The molecule has 4 heteroatoms. The van der Waals surface area contributed by atoms with E-state index in [1.807, 2.05) is 11.3 Å². The molecule has 0 unspecified atom stereocenters. The van der Waals surface area contributed by atoms with E-state index >= 15 is 0 Å². The number of anilines is 3. The molecular weight excluding hydrogens is 631 g/mol. The third-order valence-corrected chi connectivity index (χ3v) is 11.2. The molecule has 0 fully saturated rings. The van der Waals surface area contributed by atoms with Crippen molar-refractivity contribution in [2.45, 2.75) is 0 Å². The summed E-state index contributed by atoms with van der Waals surface area (Å²) in [5, 5.41) is 9.06. The van der Waals surface area contributed by atoms with Gasteiger partial charge in [0.05, 0.1) is 11.4 Å². The number of rotatable bonds is 4. The molecule has 8 aromatic carbocycles. The smallest absolute Gasteiger partial charge is 0.159 e. The van der Waals surface area contributed by atoms with Crippen LogP contribution in [0.4, 0.5) is 17.1 Å². The molecule has 234 valence electrons. The van der Waals surface area contributed by atoms with E-state index in [4.69, 9.17) is 8.83 Å². The van der Waals surface area contributed by atoms with Gasteiger partial charge < -0.3 is 13.7 Å². The summed E-state index contributed by atoms with van der Waals surface area (Å²) < 4.78 is 16.4. The monoisotopic (exact) mass is 657 g/mol. The highest BCUT2D eigenvalue weighted by atomic mass is 32.1. The second-order valence-corrected chi connectivity index (χ2v) is 13.9. The summed E-state index contributed by atoms with van der Waals surface area (Å²) in [6.07, 6.45) is 0. The quantitative estimate of drug-likeness (QED) is 0.189. The van der Waals surface area contributed by atoms with Crippen LogP contribution in [-0.4, -0.2) is 0 Å². The molecule has 11 aromatic rings. The Morgan fingerprint density at radius 3 is 1.72 bits per heavy atom. The van der Waals surface area contributed by atoms with Crippen molar-refractivity contribution in [2.75, 3.05) is 4.90 Å². The lowest BCUT2D eigenvalue weighted by Gasteiger charge is -2.25. The van der Waals surface area contributed by atoms with Gasteiger partial charge in [0.25, 0.3) is 0 Å². The van der Waals surface area contributed by atoms with Crippen LogP contribution in [0.25, 0.3) is 85.9 Å². The number of fused-ring (bicyclic) bond motifs is 12. The zero-order valence-corrected chi connectivity index (χ0v) is 27.6. The molecule has 0 aliphatic heterocycles. The van der Waals surface area contributed by atoms with Gasteiger partial charge in [0.1, 0.15) is 11.2 Å². The van der Waals surface area contributed by atoms with Crippen LogP contribution in [0.3, 0.4) is 0 Å². The van der Waals surface area contributed by atoms with E-state index in [2.05, 4.69) is 169 Å². The molecule has 0 bridgehead atoms. The molecule has 3 aromatic heterocycles. The largest absolute Gasteiger partial charge is 0.453 e. The van der Waals surface area contributed by atoms with Crippen LogP contribution in [0, 0.1) is 0 Å². The SMILES string of the molecule is c1ccc(-c2ccc(N(c3cccc4c3oc3c5ccccc5ccc43)c3cccc4c3oc3c4ccc4sc5ccccc5c43)cc2)cc1. The van der Waals surface area contributed by atoms with Gasteiger partial charge >= 0.3 is 0 Å². The molecule has 0 aliphatic rings. The first-order valence-electron chi connectivity index (χ1n) is 16.8. The van der Waals surface area contributed by atoms with Crippen LogP contribution in [0.2, 0.25) is 0 Å². The van der Waals surface area contributed by atoms with Crippen molar-refractivity contribution in [1.82, 2.24) is 0 Å². The van der Waals surface area contributed by atoms with Crippen molar-refractivity contribution in [3.8, 4) is 11.1 Å². The lowest BCUT2D eigenvalue weighted by atomic mass is 10.0. The number of furan rings is 2. The molecule has 0 radical (unpaired) electrons. The van der Waals surface area contributed by atoms with E-state index in [0.717, 1.165) is 77.3 Å². The number of hydrogen-bond acceptors (Lipinski definition) is 4. The van der Waals surface area contributed by atoms with E-state index in [1.54, 1.807) is 0 Å². The number of para-hydroxylation sites is 2. The van der Waals surface area contributed by atoms with Crippen molar-refractivity contribution >= 4 is 103 Å². The Kier molecular flexibility index (Phi) is 5.83. The van der Waals surface area contributed by atoms with Crippen LogP contribution >= 0.6 is 11.3 Å². The lowest BCUT2D eigenvalue weighted by Crippen LogP contribution is -2.10. The Hall–Kier alpha value is -6.36. The number of thiophene rings is 1. The highest BCUT2D eigenvalue weighted by Crippen LogP contribution is 2.48. The van der Waals surface area contributed by atoms with E-state index in [0.29, 0.717) is 0 Å².